The van der Waals surface area contributed by atoms with Crippen LogP contribution in [0.1, 0.15) is 13.8 Å². The van der Waals surface area contributed by atoms with Crippen molar-refractivity contribution in [2.75, 3.05) is 0 Å². The van der Waals surface area contributed by atoms with E-state index in [9.17, 15) is 8.42 Å². The zero-order chi connectivity index (χ0) is 15.9. The summed E-state index contributed by atoms with van der Waals surface area (Å²) in [6, 6.07) is 9.03. The second kappa shape index (κ2) is 5.37. The van der Waals surface area contributed by atoms with Crippen molar-refractivity contribution in [3.8, 4) is 11.3 Å². The second-order valence-electron chi connectivity index (χ2n) is 5.16. The minimum absolute atomic E-state index is 0.126. The highest BCUT2D eigenvalue weighted by atomic mass is 35.5. The summed E-state index contributed by atoms with van der Waals surface area (Å²) < 4.78 is 26.4. The molecule has 3 rings (SSSR count). The minimum Gasteiger partial charge on any atom is -0.244 e. The largest absolute Gasteiger partial charge is 0.244 e. The lowest BCUT2D eigenvalue weighted by molar-refractivity contribution is 0.580. The van der Waals surface area contributed by atoms with Crippen molar-refractivity contribution in [1.29, 1.82) is 0 Å². The van der Waals surface area contributed by atoms with Gasteiger partial charge in [-0.15, -0.1) is 0 Å². The molecular formula is C15H14ClN3O2S. The molecule has 2 aromatic heterocycles. The van der Waals surface area contributed by atoms with Gasteiger partial charge in [0.1, 0.15) is 0 Å². The van der Waals surface area contributed by atoms with Gasteiger partial charge in [0.2, 0.25) is 15.3 Å². The predicted octanol–water partition coefficient (Wildman–Crippen LogP) is 3.34. The van der Waals surface area contributed by atoms with Gasteiger partial charge in [0, 0.05) is 23.3 Å². The van der Waals surface area contributed by atoms with Crippen LogP contribution in [0.3, 0.4) is 0 Å². The van der Waals surface area contributed by atoms with Crippen molar-refractivity contribution in [2.45, 2.75) is 19.1 Å². The van der Waals surface area contributed by atoms with Crippen LogP contribution in [-0.4, -0.2) is 27.6 Å². The van der Waals surface area contributed by atoms with Crippen molar-refractivity contribution in [3.05, 3.63) is 48.0 Å². The van der Waals surface area contributed by atoms with Gasteiger partial charge >= 0.3 is 0 Å². The molecule has 0 aliphatic rings. The van der Waals surface area contributed by atoms with Gasteiger partial charge in [0.25, 0.3) is 0 Å². The van der Waals surface area contributed by atoms with Crippen LogP contribution in [0.15, 0.2) is 42.7 Å². The number of nitrogens with zero attached hydrogens (tertiary/aromatic N) is 3. The van der Waals surface area contributed by atoms with Crippen LogP contribution in [-0.2, 0) is 10.0 Å². The van der Waals surface area contributed by atoms with E-state index < -0.39 is 15.3 Å². The van der Waals surface area contributed by atoms with E-state index in [1.807, 2.05) is 18.2 Å². The van der Waals surface area contributed by atoms with Gasteiger partial charge in [0.05, 0.1) is 16.5 Å². The Morgan fingerprint density at radius 1 is 1.18 bits per heavy atom. The smallest absolute Gasteiger partial charge is 0.241 e. The topological polar surface area (TPSA) is 64.8 Å². The maximum absolute atomic E-state index is 12.6. The van der Waals surface area contributed by atoms with Crippen LogP contribution in [0.25, 0.3) is 22.2 Å². The van der Waals surface area contributed by atoms with Crippen LogP contribution in [0.5, 0.6) is 0 Å². The van der Waals surface area contributed by atoms with Crippen molar-refractivity contribution in [1.82, 2.24) is 13.9 Å². The van der Waals surface area contributed by atoms with Gasteiger partial charge in [-0.2, -0.15) is 0 Å². The lowest BCUT2D eigenvalue weighted by Gasteiger charge is -2.09. The first-order chi connectivity index (χ1) is 10.4. The Kier molecular flexibility index (Phi) is 3.66. The summed E-state index contributed by atoms with van der Waals surface area (Å²) >= 11 is 5.85. The number of halogens is 1. The van der Waals surface area contributed by atoms with Gasteiger partial charge in [-0.3, -0.25) is 0 Å². The predicted molar refractivity (Wildman–Crippen MR) is 87.4 cm³/mol. The Morgan fingerprint density at radius 2 is 1.91 bits per heavy atom. The average molecular weight is 336 g/mol. The van der Waals surface area contributed by atoms with Crippen LogP contribution in [0.4, 0.5) is 0 Å². The van der Waals surface area contributed by atoms with E-state index >= 15 is 0 Å². The summed E-state index contributed by atoms with van der Waals surface area (Å²) in [6.45, 7) is 3.32. The monoisotopic (exact) mass is 335 g/mol. The molecule has 0 N–H and O–H groups in total. The fraction of sp³-hybridized carbons (Fsp3) is 0.200. The van der Waals surface area contributed by atoms with Crippen molar-refractivity contribution in [2.24, 2.45) is 0 Å². The van der Waals surface area contributed by atoms with E-state index in [0.29, 0.717) is 16.8 Å². The molecule has 114 valence electrons. The number of fused-ring (bicyclic) bond motifs is 1. The van der Waals surface area contributed by atoms with Crippen molar-refractivity contribution in [3.63, 3.8) is 0 Å². The fourth-order valence-electron chi connectivity index (χ4n) is 2.28. The fourth-order valence-corrected chi connectivity index (χ4v) is 3.56. The molecule has 0 atom stereocenters. The lowest BCUT2D eigenvalue weighted by atomic mass is 10.1. The molecule has 1 aromatic carbocycles. The van der Waals surface area contributed by atoms with Crippen molar-refractivity contribution >= 4 is 32.5 Å². The van der Waals surface area contributed by atoms with E-state index in [4.69, 9.17) is 11.6 Å². The molecule has 7 heteroatoms. The molecule has 0 aliphatic heterocycles. The number of para-hydroxylation sites is 1. The third-order valence-corrected chi connectivity index (χ3v) is 5.67. The molecular weight excluding hydrogens is 322 g/mol. The van der Waals surface area contributed by atoms with Gasteiger partial charge in [0.15, 0.2) is 0 Å². The Morgan fingerprint density at radius 3 is 2.59 bits per heavy atom. The normalized spacial score (nSPS) is 12.2. The van der Waals surface area contributed by atoms with Gasteiger partial charge in [-0.25, -0.2) is 22.4 Å². The molecule has 0 saturated carbocycles. The first-order valence-electron chi connectivity index (χ1n) is 6.74. The van der Waals surface area contributed by atoms with Gasteiger partial charge in [-0.1, -0.05) is 18.2 Å². The molecule has 0 unspecified atom stereocenters. The van der Waals surface area contributed by atoms with Crippen LogP contribution >= 0.6 is 11.6 Å². The van der Waals surface area contributed by atoms with Crippen molar-refractivity contribution < 1.29 is 8.42 Å². The SMILES string of the molecule is CC(C)S(=O)(=O)n1cc(-c2ccnc(Cl)n2)c2ccccc21. The molecule has 0 radical (unpaired) electrons. The molecule has 0 amide bonds. The van der Waals surface area contributed by atoms with E-state index in [1.54, 1.807) is 38.4 Å². The van der Waals surface area contributed by atoms with E-state index in [1.165, 1.54) is 3.97 Å². The third kappa shape index (κ3) is 2.38. The zero-order valence-electron chi connectivity index (χ0n) is 12.1. The number of hydrogen-bond acceptors (Lipinski definition) is 4. The van der Waals surface area contributed by atoms with Gasteiger partial charge in [-0.05, 0) is 37.6 Å². The Balaban J connectivity index is 2.35. The Hall–Kier alpha value is -1.92. The average Bonchev–Trinajstić information content (AvgIpc) is 2.87. The number of aromatic nitrogens is 3. The van der Waals surface area contributed by atoms with E-state index in [0.717, 1.165) is 5.39 Å². The Labute approximate surface area is 133 Å². The zero-order valence-corrected chi connectivity index (χ0v) is 13.6. The number of rotatable bonds is 3. The van der Waals surface area contributed by atoms with Crippen LogP contribution in [0.2, 0.25) is 5.28 Å². The molecule has 5 nitrogen and oxygen atoms in total. The summed E-state index contributed by atoms with van der Waals surface area (Å²) in [5.74, 6) is 0. The number of hydrogen-bond donors (Lipinski definition) is 0. The third-order valence-electron chi connectivity index (χ3n) is 3.45. The quantitative estimate of drug-likeness (QED) is 0.688. The molecule has 22 heavy (non-hydrogen) atoms. The molecule has 0 fully saturated rings. The molecule has 0 bridgehead atoms. The van der Waals surface area contributed by atoms with Crippen LogP contribution < -0.4 is 0 Å². The highest BCUT2D eigenvalue weighted by Gasteiger charge is 2.23. The summed E-state index contributed by atoms with van der Waals surface area (Å²) in [5, 5.41) is 0.410. The van der Waals surface area contributed by atoms with E-state index in [-0.39, 0.29) is 5.28 Å². The van der Waals surface area contributed by atoms with Crippen LogP contribution in [0, 0.1) is 0 Å². The summed E-state index contributed by atoms with van der Waals surface area (Å²) in [7, 11) is -3.46. The highest BCUT2D eigenvalue weighted by Crippen LogP contribution is 2.31. The molecule has 3 aromatic rings. The summed E-state index contributed by atoms with van der Waals surface area (Å²) in [4.78, 5) is 8.04. The van der Waals surface area contributed by atoms with Gasteiger partial charge < -0.3 is 0 Å². The maximum atomic E-state index is 12.6. The molecule has 0 spiro atoms. The highest BCUT2D eigenvalue weighted by molar-refractivity contribution is 7.90. The molecule has 2 heterocycles. The first kappa shape index (κ1) is 15.0. The molecule has 0 saturated heterocycles. The van der Waals surface area contributed by atoms with E-state index in [2.05, 4.69) is 9.97 Å². The maximum Gasteiger partial charge on any atom is 0.241 e. The Bertz CT molecular complexity index is 948. The second-order valence-corrected chi connectivity index (χ2v) is 7.86. The summed E-state index contributed by atoms with van der Waals surface area (Å²) in [6.07, 6.45) is 3.15. The lowest BCUT2D eigenvalue weighted by Crippen LogP contribution is -2.21. The summed E-state index contributed by atoms with van der Waals surface area (Å²) in [5.41, 5.74) is 1.93. The molecule has 0 aliphatic carbocycles. The first-order valence-corrected chi connectivity index (χ1v) is 8.63. The number of benzene rings is 1. The standard InChI is InChI=1S/C15H14ClN3O2S/c1-10(2)22(20,21)19-9-12(11-5-3-4-6-14(11)19)13-7-8-17-15(16)18-13/h3-10H,1-2H3. The minimum atomic E-state index is -3.46.